The Labute approximate surface area is 174 Å². The van der Waals surface area contributed by atoms with Gasteiger partial charge < -0.3 is 15.0 Å². The summed E-state index contributed by atoms with van der Waals surface area (Å²) < 4.78 is 7.45. The number of carbonyl (C=O) groups is 2. The van der Waals surface area contributed by atoms with Gasteiger partial charge in [-0.2, -0.15) is 0 Å². The minimum absolute atomic E-state index is 0.0710. The standard InChI is InChI=1S/C19H26N6O3S/c1-14(2)12-25-18(24-8-10-28-11-9-24)22-23-19(25)29-13-16(26)21-17(27)20-15-6-4-3-5-7-15/h3-7,14H,8-13H2,1-2H3,(H2,20,21,26,27). The van der Waals surface area contributed by atoms with E-state index in [4.69, 9.17) is 4.74 Å². The van der Waals surface area contributed by atoms with Crippen LogP contribution >= 0.6 is 11.8 Å². The van der Waals surface area contributed by atoms with Gasteiger partial charge in [0.05, 0.1) is 19.0 Å². The highest BCUT2D eigenvalue weighted by Gasteiger charge is 2.22. The molecule has 0 spiro atoms. The van der Waals surface area contributed by atoms with Crippen molar-refractivity contribution in [3.05, 3.63) is 30.3 Å². The molecular formula is C19H26N6O3S. The van der Waals surface area contributed by atoms with E-state index in [1.165, 1.54) is 11.8 Å². The van der Waals surface area contributed by atoms with E-state index in [0.29, 0.717) is 30.0 Å². The maximum absolute atomic E-state index is 12.2. The number of amides is 3. The van der Waals surface area contributed by atoms with E-state index in [2.05, 4.69) is 39.6 Å². The Bertz CT molecular complexity index is 821. The van der Waals surface area contributed by atoms with Crippen molar-refractivity contribution >= 4 is 35.3 Å². The number of hydrogen-bond acceptors (Lipinski definition) is 7. The summed E-state index contributed by atoms with van der Waals surface area (Å²) in [6, 6.07) is 8.41. The normalized spacial score (nSPS) is 14.1. The minimum atomic E-state index is -0.556. The zero-order valence-corrected chi connectivity index (χ0v) is 17.4. The fraction of sp³-hybridized carbons (Fsp3) is 0.474. The SMILES string of the molecule is CC(C)Cn1c(SCC(=O)NC(=O)Nc2ccccc2)nnc1N1CCOCC1. The molecule has 2 heterocycles. The van der Waals surface area contributed by atoms with E-state index in [9.17, 15) is 9.59 Å². The predicted molar refractivity (Wildman–Crippen MR) is 112 cm³/mol. The van der Waals surface area contributed by atoms with Gasteiger partial charge in [-0.05, 0) is 18.1 Å². The highest BCUT2D eigenvalue weighted by Crippen LogP contribution is 2.24. The molecule has 3 amide bonds. The molecule has 2 aromatic rings. The van der Waals surface area contributed by atoms with Gasteiger partial charge in [-0.1, -0.05) is 43.8 Å². The van der Waals surface area contributed by atoms with Gasteiger partial charge in [0.15, 0.2) is 5.16 Å². The van der Waals surface area contributed by atoms with Crippen LogP contribution in [-0.4, -0.2) is 58.8 Å². The third-order valence-corrected chi connectivity index (χ3v) is 5.12. The molecule has 0 radical (unpaired) electrons. The molecular weight excluding hydrogens is 392 g/mol. The second kappa shape index (κ2) is 10.3. The number of para-hydroxylation sites is 1. The first-order chi connectivity index (χ1) is 14.0. The van der Waals surface area contributed by atoms with Crippen LogP contribution in [0.15, 0.2) is 35.5 Å². The van der Waals surface area contributed by atoms with Gasteiger partial charge in [-0.3, -0.25) is 14.7 Å². The van der Waals surface area contributed by atoms with Crippen LogP contribution in [0.1, 0.15) is 13.8 Å². The zero-order chi connectivity index (χ0) is 20.6. The average molecular weight is 419 g/mol. The van der Waals surface area contributed by atoms with Crippen LogP contribution in [0.5, 0.6) is 0 Å². The van der Waals surface area contributed by atoms with Crippen molar-refractivity contribution < 1.29 is 14.3 Å². The van der Waals surface area contributed by atoms with Crippen molar-refractivity contribution in [2.75, 3.05) is 42.3 Å². The topological polar surface area (TPSA) is 101 Å². The van der Waals surface area contributed by atoms with Crippen LogP contribution in [0, 0.1) is 5.92 Å². The summed E-state index contributed by atoms with van der Waals surface area (Å²) in [5, 5.41) is 14.2. The first kappa shape index (κ1) is 21.1. The highest BCUT2D eigenvalue weighted by molar-refractivity contribution is 7.99. The molecule has 1 fully saturated rings. The van der Waals surface area contributed by atoms with Gasteiger partial charge in [0.25, 0.3) is 0 Å². The molecule has 1 saturated heterocycles. The molecule has 10 heteroatoms. The third-order valence-electron chi connectivity index (χ3n) is 4.16. The van der Waals surface area contributed by atoms with E-state index < -0.39 is 11.9 Å². The molecule has 9 nitrogen and oxygen atoms in total. The van der Waals surface area contributed by atoms with E-state index in [0.717, 1.165) is 25.6 Å². The van der Waals surface area contributed by atoms with E-state index >= 15 is 0 Å². The van der Waals surface area contributed by atoms with Crippen molar-refractivity contribution in [3.8, 4) is 0 Å². The molecule has 29 heavy (non-hydrogen) atoms. The molecule has 0 saturated carbocycles. The summed E-state index contributed by atoms with van der Waals surface area (Å²) in [6.45, 7) is 7.85. The lowest BCUT2D eigenvalue weighted by Gasteiger charge is -2.28. The van der Waals surface area contributed by atoms with E-state index in [1.807, 2.05) is 10.6 Å². The maximum Gasteiger partial charge on any atom is 0.325 e. The number of morpholine rings is 1. The minimum Gasteiger partial charge on any atom is -0.378 e. The quantitative estimate of drug-likeness (QED) is 0.665. The Morgan fingerprint density at radius 2 is 1.90 bits per heavy atom. The summed E-state index contributed by atoms with van der Waals surface area (Å²) in [5.41, 5.74) is 0.622. The molecule has 1 aromatic heterocycles. The number of rotatable bonds is 7. The first-order valence-corrected chi connectivity index (χ1v) is 10.6. The van der Waals surface area contributed by atoms with Crippen LogP contribution in [0.25, 0.3) is 0 Å². The van der Waals surface area contributed by atoms with Crippen molar-refractivity contribution in [2.45, 2.75) is 25.5 Å². The number of urea groups is 1. The van der Waals surface area contributed by atoms with Crippen LogP contribution < -0.4 is 15.5 Å². The Hall–Kier alpha value is -2.59. The number of anilines is 2. The molecule has 1 aromatic carbocycles. The number of nitrogens with zero attached hydrogens (tertiary/aromatic N) is 4. The van der Waals surface area contributed by atoms with Crippen LogP contribution in [0.2, 0.25) is 0 Å². The van der Waals surface area contributed by atoms with Crippen molar-refractivity contribution in [1.82, 2.24) is 20.1 Å². The maximum atomic E-state index is 12.2. The first-order valence-electron chi connectivity index (χ1n) is 9.57. The molecule has 0 aliphatic carbocycles. The lowest BCUT2D eigenvalue weighted by Crippen LogP contribution is -2.38. The van der Waals surface area contributed by atoms with Gasteiger partial charge in [-0.25, -0.2) is 4.79 Å². The van der Waals surface area contributed by atoms with E-state index in [-0.39, 0.29) is 5.75 Å². The summed E-state index contributed by atoms with van der Waals surface area (Å²) >= 11 is 1.27. The number of imide groups is 1. The van der Waals surface area contributed by atoms with Crippen molar-refractivity contribution in [2.24, 2.45) is 5.92 Å². The monoisotopic (exact) mass is 418 g/mol. The molecule has 0 unspecified atom stereocenters. The molecule has 0 bridgehead atoms. The van der Waals surface area contributed by atoms with Gasteiger partial charge in [0.1, 0.15) is 0 Å². The predicted octanol–water partition coefficient (Wildman–Crippen LogP) is 2.21. The smallest absolute Gasteiger partial charge is 0.325 e. The highest BCUT2D eigenvalue weighted by atomic mass is 32.2. The van der Waals surface area contributed by atoms with Crippen LogP contribution in [0.4, 0.5) is 16.4 Å². The lowest BCUT2D eigenvalue weighted by atomic mass is 10.2. The molecule has 2 N–H and O–H groups in total. The molecule has 1 aliphatic heterocycles. The number of nitrogens with one attached hydrogen (secondary N) is 2. The van der Waals surface area contributed by atoms with Crippen molar-refractivity contribution in [3.63, 3.8) is 0 Å². The van der Waals surface area contributed by atoms with Gasteiger partial charge >= 0.3 is 6.03 Å². The summed E-state index contributed by atoms with van der Waals surface area (Å²) in [4.78, 5) is 26.3. The van der Waals surface area contributed by atoms with Gasteiger partial charge in [-0.15, -0.1) is 10.2 Å². The molecule has 0 atom stereocenters. The second-order valence-corrected chi connectivity index (χ2v) is 7.99. The number of benzene rings is 1. The summed E-state index contributed by atoms with van der Waals surface area (Å²) in [5.74, 6) is 0.874. The summed E-state index contributed by atoms with van der Waals surface area (Å²) in [7, 11) is 0. The Morgan fingerprint density at radius 3 is 2.59 bits per heavy atom. The number of thioether (sulfide) groups is 1. The van der Waals surface area contributed by atoms with Crippen LogP contribution in [-0.2, 0) is 16.1 Å². The third kappa shape index (κ3) is 6.20. The number of hydrogen-bond donors (Lipinski definition) is 2. The molecule has 1 aliphatic rings. The zero-order valence-electron chi connectivity index (χ0n) is 16.6. The average Bonchev–Trinajstić information content (AvgIpc) is 3.09. The molecule has 156 valence electrons. The second-order valence-electron chi connectivity index (χ2n) is 7.04. The number of ether oxygens (including phenoxy) is 1. The summed E-state index contributed by atoms with van der Waals surface area (Å²) in [6.07, 6.45) is 0. The Kier molecular flexibility index (Phi) is 7.48. The Balaban J connectivity index is 1.58. The van der Waals surface area contributed by atoms with Crippen LogP contribution in [0.3, 0.4) is 0 Å². The van der Waals surface area contributed by atoms with Gasteiger partial charge in [0.2, 0.25) is 11.9 Å². The molecule has 3 rings (SSSR count). The van der Waals surface area contributed by atoms with Gasteiger partial charge in [0, 0.05) is 25.3 Å². The number of aromatic nitrogens is 3. The van der Waals surface area contributed by atoms with Crippen molar-refractivity contribution in [1.29, 1.82) is 0 Å². The largest absolute Gasteiger partial charge is 0.378 e. The van der Waals surface area contributed by atoms with E-state index in [1.54, 1.807) is 24.3 Å². The fourth-order valence-corrected chi connectivity index (χ4v) is 3.63. The fourth-order valence-electron chi connectivity index (χ4n) is 2.89. The number of carbonyl (C=O) groups excluding carboxylic acids is 2. The Morgan fingerprint density at radius 1 is 1.17 bits per heavy atom. The lowest BCUT2D eigenvalue weighted by molar-refractivity contribution is -0.117.